The monoisotopic (exact) mass is 314 g/mol. The Kier molecular flexibility index (Phi) is 5.63. The van der Waals surface area contributed by atoms with Gasteiger partial charge < -0.3 is 11.5 Å². The second-order valence-corrected chi connectivity index (χ2v) is 4.69. The average Bonchev–Trinajstić information content (AvgIpc) is 2.36. The summed E-state index contributed by atoms with van der Waals surface area (Å²) in [7, 11) is 0. The van der Waals surface area contributed by atoms with E-state index in [-0.39, 0.29) is 6.42 Å². The molecule has 0 saturated carbocycles. The van der Waals surface area contributed by atoms with E-state index in [0.29, 0.717) is 37.6 Å². The summed E-state index contributed by atoms with van der Waals surface area (Å²) in [5, 5.41) is 0. The molecule has 0 aliphatic carbocycles. The zero-order chi connectivity index (χ0) is 16.3. The number of benzene rings is 1. The van der Waals surface area contributed by atoms with Crippen molar-refractivity contribution in [2.75, 3.05) is 6.54 Å². The van der Waals surface area contributed by atoms with Crippen LogP contribution in [0.15, 0.2) is 18.2 Å². The minimum Gasteiger partial charge on any atom is -0.330 e. The number of hydrogen-bond donors (Lipinski definition) is 2. The van der Waals surface area contributed by atoms with E-state index in [0.717, 1.165) is 0 Å². The summed E-state index contributed by atoms with van der Waals surface area (Å²) in [5.41, 5.74) is 8.10. The fourth-order valence-corrected chi connectivity index (χ4v) is 1.97. The topological polar surface area (TPSA) is 52.0 Å². The summed E-state index contributed by atoms with van der Waals surface area (Å²) in [4.78, 5) is 0. The van der Waals surface area contributed by atoms with Crippen molar-refractivity contribution in [3.05, 3.63) is 34.9 Å². The standard InChI is InChI=1S/C13H16F6N2/c14-12(15,16)8-4-5-10(13(17,18)19)9(7-8)11(21)3-1-2-6-20/h4-5,7,11H,1-3,6,20-21H2/t11-/m1/s1. The van der Waals surface area contributed by atoms with Crippen molar-refractivity contribution in [3.8, 4) is 0 Å². The molecule has 1 atom stereocenters. The van der Waals surface area contributed by atoms with Crippen molar-refractivity contribution in [1.82, 2.24) is 0 Å². The molecule has 0 amide bonds. The fourth-order valence-electron chi connectivity index (χ4n) is 1.97. The molecule has 0 heterocycles. The quantitative estimate of drug-likeness (QED) is 0.640. The molecule has 0 aliphatic rings. The van der Waals surface area contributed by atoms with E-state index < -0.39 is 35.1 Å². The van der Waals surface area contributed by atoms with Gasteiger partial charge in [0.15, 0.2) is 0 Å². The minimum absolute atomic E-state index is 0.140. The van der Waals surface area contributed by atoms with E-state index >= 15 is 0 Å². The van der Waals surface area contributed by atoms with Gasteiger partial charge in [0.1, 0.15) is 0 Å². The average molecular weight is 314 g/mol. The molecule has 4 N–H and O–H groups in total. The maximum atomic E-state index is 12.9. The molecule has 0 unspecified atom stereocenters. The summed E-state index contributed by atoms with van der Waals surface area (Å²) in [6.07, 6.45) is -8.32. The Morgan fingerprint density at radius 1 is 0.952 bits per heavy atom. The smallest absolute Gasteiger partial charge is 0.330 e. The molecule has 120 valence electrons. The lowest BCUT2D eigenvalue weighted by atomic mass is 9.94. The van der Waals surface area contributed by atoms with Gasteiger partial charge in [-0.15, -0.1) is 0 Å². The molecule has 1 aromatic carbocycles. The Balaban J connectivity index is 3.17. The number of alkyl halides is 6. The van der Waals surface area contributed by atoms with E-state index in [1.54, 1.807) is 0 Å². The fraction of sp³-hybridized carbons (Fsp3) is 0.538. The number of halogens is 6. The highest BCUT2D eigenvalue weighted by molar-refractivity contribution is 5.37. The molecule has 0 saturated heterocycles. The van der Waals surface area contributed by atoms with Gasteiger partial charge in [0.2, 0.25) is 0 Å². The summed E-state index contributed by atoms with van der Waals surface area (Å²) in [6.45, 7) is 0.349. The van der Waals surface area contributed by atoms with Gasteiger partial charge >= 0.3 is 12.4 Å². The molecule has 0 aromatic heterocycles. The predicted octanol–water partition coefficient (Wildman–Crippen LogP) is 3.85. The van der Waals surface area contributed by atoms with E-state index in [1.807, 2.05) is 0 Å². The lowest BCUT2D eigenvalue weighted by molar-refractivity contribution is -0.142. The summed E-state index contributed by atoms with van der Waals surface area (Å²) in [6, 6.07) is 0.214. The number of unbranched alkanes of at least 4 members (excludes halogenated alkanes) is 1. The van der Waals surface area contributed by atoms with Crippen LogP contribution >= 0.6 is 0 Å². The molecule has 2 nitrogen and oxygen atoms in total. The first-order chi connectivity index (χ1) is 9.57. The Morgan fingerprint density at radius 2 is 1.57 bits per heavy atom. The number of nitrogens with two attached hydrogens (primary N) is 2. The van der Waals surface area contributed by atoms with Gasteiger partial charge in [0.25, 0.3) is 0 Å². The van der Waals surface area contributed by atoms with Crippen molar-refractivity contribution >= 4 is 0 Å². The molecule has 0 fully saturated rings. The van der Waals surface area contributed by atoms with Crippen LogP contribution in [0.1, 0.15) is 42.0 Å². The van der Waals surface area contributed by atoms with Crippen molar-refractivity contribution in [3.63, 3.8) is 0 Å². The molecule has 0 bridgehead atoms. The van der Waals surface area contributed by atoms with Crippen LogP contribution in [0.3, 0.4) is 0 Å². The van der Waals surface area contributed by atoms with Crippen LogP contribution in [0.2, 0.25) is 0 Å². The zero-order valence-electron chi connectivity index (χ0n) is 11.1. The molecule has 1 aromatic rings. The molecule has 0 spiro atoms. The molecule has 8 heteroatoms. The van der Waals surface area contributed by atoms with Gasteiger partial charge in [-0.3, -0.25) is 0 Å². The van der Waals surface area contributed by atoms with Crippen LogP contribution in [-0.4, -0.2) is 6.54 Å². The molecule has 0 radical (unpaired) electrons. The maximum Gasteiger partial charge on any atom is 0.416 e. The Labute approximate surface area is 118 Å². The van der Waals surface area contributed by atoms with Gasteiger partial charge in [0.05, 0.1) is 11.1 Å². The van der Waals surface area contributed by atoms with Crippen LogP contribution < -0.4 is 11.5 Å². The highest BCUT2D eigenvalue weighted by Crippen LogP contribution is 2.39. The van der Waals surface area contributed by atoms with Crippen LogP contribution in [0.4, 0.5) is 26.3 Å². The molecular weight excluding hydrogens is 298 g/mol. The first-order valence-electron chi connectivity index (χ1n) is 6.31. The lowest BCUT2D eigenvalue weighted by Gasteiger charge is -2.20. The van der Waals surface area contributed by atoms with E-state index in [9.17, 15) is 26.3 Å². The minimum atomic E-state index is -4.75. The van der Waals surface area contributed by atoms with Crippen LogP contribution in [0.5, 0.6) is 0 Å². The SMILES string of the molecule is NCCCC[C@@H](N)c1cc(C(F)(F)F)ccc1C(F)(F)F. The van der Waals surface area contributed by atoms with Crippen molar-refractivity contribution in [1.29, 1.82) is 0 Å². The van der Waals surface area contributed by atoms with Gasteiger partial charge in [-0.25, -0.2) is 0 Å². The highest BCUT2D eigenvalue weighted by Gasteiger charge is 2.37. The van der Waals surface area contributed by atoms with Gasteiger partial charge in [0, 0.05) is 6.04 Å². The second kappa shape index (κ2) is 6.65. The van der Waals surface area contributed by atoms with Crippen LogP contribution in [0, 0.1) is 0 Å². The van der Waals surface area contributed by atoms with Gasteiger partial charge in [-0.05, 0) is 43.1 Å². The normalized spacial score (nSPS) is 14.3. The van der Waals surface area contributed by atoms with Crippen molar-refractivity contribution < 1.29 is 26.3 Å². The Hall–Kier alpha value is -1.28. The largest absolute Gasteiger partial charge is 0.416 e. The summed E-state index contributed by atoms with van der Waals surface area (Å²) in [5.74, 6) is 0. The molecule has 1 rings (SSSR count). The Bertz CT molecular complexity index is 467. The van der Waals surface area contributed by atoms with Crippen LogP contribution in [0.25, 0.3) is 0 Å². The van der Waals surface area contributed by atoms with E-state index in [2.05, 4.69) is 0 Å². The summed E-state index contributed by atoms with van der Waals surface area (Å²) >= 11 is 0. The third-order valence-corrected chi connectivity index (χ3v) is 3.05. The van der Waals surface area contributed by atoms with Gasteiger partial charge in [-0.1, -0.05) is 6.42 Å². The maximum absolute atomic E-state index is 12.9. The lowest BCUT2D eigenvalue weighted by Crippen LogP contribution is -2.19. The van der Waals surface area contributed by atoms with E-state index in [1.165, 1.54) is 0 Å². The predicted molar refractivity (Wildman–Crippen MR) is 66.3 cm³/mol. The van der Waals surface area contributed by atoms with Crippen molar-refractivity contribution in [2.45, 2.75) is 37.7 Å². The Morgan fingerprint density at radius 3 is 2.05 bits per heavy atom. The molecule has 21 heavy (non-hydrogen) atoms. The highest BCUT2D eigenvalue weighted by atomic mass is 19.4. The number of rotatable bonds is 5. The summed E-state index contributed by atoms with van der Waals surface area (Å²) < 4.78 is 76.5. The first kappa shape index (κ1) is 17.8. The molecular formula is C13H16F6N2. The number of hydrogen-bond acceptors (Lipinski definition) is 2. The van der Waals surface area contributed by atoms with E-state index in [4.69, 9.17) is 11.5 Å². The third-order valence-electron chi connectivity index (χ3n) is 3.05. The third kappa shape index (κ3) is 4.89. The van der Waals surface area contributed by atoms with Crippen molar-refractivity contribution in [2.24, 2.45) is 11.5 Å². The van der Waals surface area contributed by atoms with Gasteiger partial charge in [-0.2, -0.15) is 26.3 Å². The zero-order valence-corrected chi connectivity index (χ0v) is 11.1. The second-order valence-electron chi connectivity index (χ2n) is 4.69. The molecule has 0 aliphatic heterocycles. The first-order valence-corrected chi connectivity index (χ1v) is 6.31. The van der Waals surface area contributed by atoms with Crippen LogP contribution in [-0.2, 0) is 12.4 Å².